The molecule has 0 atom stereocenters. The highest BCUT2D eigenvalue weighted by molar-refractivity contribution is 5.34. The molecule has 4 nitrogen and oxygen atoms in total. The third-order valence-electron chi connectivity index (χ3n) is 2.11. The van der Waals surface area contributed by atoms with Crippen molar-refractivity contribution in [3.8, 4) is 5.75 Å². The van der Waals surface area contributed by atoms with Crippen LogP contribution in [-0.2, 0) is 6.42 Å². The molecule has 0 N–H and O–H groups in total. The van der Waals surface area contributed by atoms with Gasteiger partial charge in [0, 0.05) is 11.3 Å². The van der Waals surface area contributed by atoms with Crippen molar-refractivity contribution in [3.05, 3.63) is 39.4 Å². The first-order chi connectivity index (χ1) is 6.63. The zero-order valence-corrected chi connectivity index (χ0v) is 8.32. The summed E-state index contributed by atoms with van der Waals surface area (Å²) in [6.07, 6.45) is 0.475. The van der Waals surface area contributed by atoms with E-state index in [1.165, 1.54) is 0 Å². The lowest BCUT2D eigenvalue weighted by Crippen LogP contribution is -2.05. The van der Waals surface area contributed by atoms with E-state index in [4.69, 9.17) is 4.74 Å². The fraction of sp³-hybridized carbons (Fsp3) is 0.400. The van der Waals surface area contributed by atoms with E-state index in [2.05, 4.69) is 0 Å². The Balaban J connectivity index is 2.73. The fourth-order valence-electron chi connectivity index (χ4n) is 1.29. The van der Waals surface area contributed by atoms with E-state index in [0.29, 0.717) is 6.42 Å². The predicted molar refractivity (Wildman–Crippen MR) is 53.3 cm³/mol. The maximum absolute atomic E-state index is 10.2. The standard InChI is InChI=1S/C10H13NO3/c1-8-7-10(14-2)4-3-9(8)5-6-11(12)13/h3-4,7H,5-6H2,1-2H3. The lowest BCUT2D eigenvalue weighted by atomic mass is 10.1. The minimum Gasteiger partial charge on any atom is -0.497 e. The van der Waals surface area contributed by atoms with Crippen molar-refractivity contribution in [2.75, 3.05) is 13.7 Å². The van der Waals surface area contributed by atoms with E-state index in [-0.39, 0.29) is 11.5 Å². The van der Waals surface area contributed by atoms with Crippen molar-refractivity contribution in [1.82, 2.24) is 0 Å². The molecule has 0 aliphatic carbocycles. The number of nitrogens with zero attached hydrogens (tertiary/aromatic N) is 1. The maximum atomic E-state index is 10.2. The zero-order chi connectivity index (χ0) is 10.6. The summed E-state index contributed by atoms with van der Waals surface area (Å²) < 4.78 is 5.04. The van der Waals surface area contributed by atoms with Crippen LogP contribution in [0.15, 0.2) is 18.2 Å². The summed E-state index contributed by atoms with van der Waals surface area (Å²) in [7, 11) is 1.60. The summed E-state index contributed by atoms with van der Waals surface area (Å²) in [6.45, 7) is 1.91. The molecule has 0 bridgehead atoms. The third-order valence-corrected chi connectivity index (χ3v) is 2.11. The number of methoxy groups -OCH3 is 1. The van der Waals surface area contributed by atoms with Crippen molar-refractivity contribution in [3.63, 3.8) is 0 Å². The molecular formula is C10H13NO3. The molecule has 1 aromatic carbocycles. The van der Waals surface area contributed by atoms with Gasteiger partial charge in [0.2, 0.25) is 6.54 Å². The largest absolute Gasteiger partial charge is 0.497 e. The molecule has 0 unspecified atom stereocenters. The molecule has 0 fully saturated rings. The molecule has 0 aromatic heterocycles. The van der Waals surface area contributed by atoms with E-state index in [0.717, 1.165) is 16.9 Å². The van der Waals surface area contributed by atoms with Gasteiger partial charge in [-0.3, -0.25) is 10.1 Å². The second kappa shape index (κ2) is 4.60. The predicted octanol–water partition coefficient (Wildman–Crippen LogP) is 1.82. The van der Waals surface area contributed by atoms with Crippen LogP contribution in [0.5, 0.6) is 5.75 Å². The van der Waals surface area contributed by atoms with E-state index in [9.17, 15) is 10.1 Å². The van der Waals surface area contributed by atoms with E-state index < -0.39 is 0 Å². The van der Waals surface area contributed by atoms with Gasteiger partial charge >= 0.3 is 0 Å². The quantitative estimate of drug-likeness (QED) is 0.544. The minimum atomic E-state index is -0.302. The van der Waals surface area contributed by atoms with Crippen molar-refractivity contribution in [2.24, 2.45) is 0 Å². The van der Waals surface area contributed by atoms with Crippen molar-refractivity contribution in [2.45, 2.75) is 13.3 Å². The van der Waals surface area contributed by atoms with Crippen molar-refractivity contribution >= 4 is 0 Å². The Morgan fingerprint density at radius 2 is 2.21 bits per heavy atom. The Labute approximate surface area is 82.7 Å². The third kappa shape index (κ3) is 2.73. The summed E-state index contributed by atoms with van der Waals surface area (Å²) in [5.41, 5.74) is 2.04. The lowest BCUT2D eigenvalue weighted by Gasteiger charge is -2.05. The van der Waals surface area contributed by atoms with E-state index in [1.807, 2.05) is 25.1 Å². The molecule has 0 amide bonds. The molecule has 0 saturated carbocycles. The molecule has 0 saturated heterocycles. The van der Waals surface area contributed by atoms with Gasteiger partial charge in [-0.1, -0.05) is 6.07 Å². The molecule has 1 aromatic rings. The van der Waals surface area contributed by atoms with E-state index >= 15 is 0 Å². The van der Waals surface area contributed by atoms with Gasteiger partial charge < -0.3 is 4.74 Å². The van der Waals surface area contributed by atoms with Gasteiger partial charge in [-0.2, -0.15) is 0 Å². The summed E-state index contributed by atoms with van der Waals surface area (Å²) in [5.74, 6) is 0.785. The number of benzene rings is 1. The Kier molecular flexibility index (Phi) is 3.45. The van der Waals surface area contributed by atoms with Crippen LogP contribution in [0.3, 0.4) is 0 Å². The summed E-state index contributed by atoms with van der Waals surface area (Å²) >= 11 is 0. The first-order valence-corrected chi connectivity index (χ1v) is 4.39. The average molecular weight is 195 g/mol. The van der Waals surface area contributed by atoms with Crippen molar-refractivity contribution < 1.29 is 9.66 Å². The normalized spacial score (nSPS) is 9.86. The van der Waals surface area contributed by atoms with Crippen LogP contribution in [-0.4, -0.2) is 18.6 Å². The van der Waals surface area contributed by atoms with Gasteiger partial charge in [0.05, 0.1) is 7.11 Å². The van der Waals surface area contributed by atoms with Crippen LogP contribution in [0.2, 0.25) is 0 Å². The van der Waals surface area contributed by atoms with Crippen LogP contribution in [0.4, 0.5) is 0 Å². The average Bonchev–Trinajstić information content (AvgIpc) is 2.15. The Hall–Kier alpha value is -1.58. The van der Waals surface area contributed by atoms with Gasteiger partial charge in [0.15, 0.2) is 0 Å². The molecule has 0 aliphatic heterocycles. The molecule has 76 valence electrons. The number of hydrogen-bond acceptors (Lipinski definition) is 3. The number of aryl methyl sites for hydroxylation is 1. The number of nitro groups is 1. The number of hydrogen-bond donors (Lipinski definition) is 0. The van der Waals surface area contributed by atoms with Gasteiger partial charge in [0.25, 0.3) is 0 Å². The first kappa shape index (κ1) is 10.5. The number of rotatable bonds is 4. The molecule has 0 heterocycles. The Bertz CT molecular complexity index is 336. The van der Waals surface area contributed by atoms with Crippen molar-refractivity contribution in [1.29, 1.82) is 0 Å². The van der Waals surface area contributed by atoms with E-state index in [1.54, 1.807) is 7.11 Å². The highest BCUT2D eigenvalue weighted by Crippen LogP contribution is 2.17. The highest BCUT2D eigenvalue weighted by Gasteiger charge is 2.03. The zero-order valence-electron chi connectivity index (χ0n) is 8.32. The Morgan fingerprint density at radius 1 is 1.50 bits per heavy atom. The Morgan fingerprint density at radius 3 is 2.71 bits per heavy atom. The topological polar surface area (TPSA) is 52.4 Å². The lowest BCUT2D eigenvalue weighted by molar-refractivity contribution is -0.479. The van der Waals surface area contributed by atoms with Crippen LogP contribution in [0, 0.1) is 17.0 Å². The molecule has 4 heteroatoms. The smallest absolute Gasteiger partial charge is 0.207 e. The van der Waals surface area contributed by atoms with Gasteiger partial charge in [-0.05, 0) is 30.2 Å². The second-order valence-corrected chi connectivity index (χ2v) is 3.10. The molecular weight excluding hydrogens is 182 g/mol. The molecule has 0 aliphatic rings. The summed E-state index contributed by atoms with van der Waals surface area (Å²) in [6, 6.07) is 5.58. The van der Waals surface area contributed by atoms with Crippen LogP contribution in [0.1, 0.15) is 11.1 Å². The first-order valence-electron chi connectivity index (χ1n) is 4.39. The van der Waals surface area contributed by atoms with Gasteiger partial charge in [0.1, 0.15) is 5.75 Å². The van der Waals surface area contributed by atoms with Gasteiger partial charge in [-0.25, -0.2) is 0 Å². The van der Waals surface area contributed by atoms with Crippen LogP contribution < -0.4 is 4.74 Å². The SMILES string of the molecule is COc1ccc(CC[N+](=O)[O-])c(C)c1. The minimum absolute atomic E-state index is 0.0207. The molecule has 14 heavy (non-hydrogen) atoms. The maximum Gasteiger partial charge on any atom is 0.207 e. The monoisotopic (exact) mass is 195 g/mol. The molecule has 0 radical (unpaired) electrons. The summed E-state index contributed by atoms with van der Waals surface area (Å²) in [4.78, 5) is 9.89. The van der Waals surface area contributed by atoms with Crippen LogP contribution in [0.25, 0.3) is 0 Å². The molecule has 0 spiro atoms. The number of ether oxygens (including phenoxy) is 1. The summed E-state index contributed by atoms with van der Waals surface area (Å²) in [5, 5.41) is 10.2. The second-order valence-electron chi connectivity index (χ2n) is 3.10. The van der Waals surface area contributed by atoms with Gasteiger partial charge in [-0.15, -0.1) is 0 Å². The fourth-order valence-corrected chi connectivity index (χ4v) is 1.29. The molecule has 1 rings (SSSR count). The highest BCUT2D eigenvalue weighted by atomic mass is 16.6. The van der Waals surface area contributed by atoms with Crippen LogP contribution >= 0.6 is 0 Å².